The van der Waals surface area contributed by atoms with Crippen LogP contribution in [0.2, 0.25) is 0 Å². The maximum absolute atomic E-state index is 13.1. The summed E-state index contributed by atoms with van der Waals surface area (Å²) in [5.74, 6) is -2.95. The van der Waals surface area contributed by atoms with Gasteiger partial charge in [-0.1, -0.05) is 0 Å². The summed E-state index contributed by atoms with van der Waals surface area (Å²) in [4.78, 5) is 10.3. The van der Waals surface area contributed by atoms with Crippen LogP contribution in [0.25, 0.3) is 0 Å². The predicted octanol–water partition coefficient (Wildman–Crippen LogP) is 0.0872. The molecule has 0 bridgehead atoms. The molecule has 0 saturated heterocycles. The Labute approximate surface area is 115 Å². The van der Waals surface area contributed by atoms with E-state index in [2.05, 4.69) is 0 Å². The number of hydrogen-bond acceptors (Lipinski definition) is 4. The summed E-state index contributed by atoms with van der Waals surface area (Å²) in [6.45, 7) is -0.770. The number of amides is 1. The van der Waals surface area contributed by atoms with Crippen LogP contribution in [-0.2, 0) is 19.6 Å². The van der Waals surface area contributed by atoms with Crippen LogP contribution in [0, 0.1) is 11.6 Å². The Bertz CT molecular complexity index is 572. The third kappa shape index (κ3) is 4.22. The normalized spacial score (nSPS) is 11.8. The van der Waals surface area contributed by atoms with Crippen molar-refractivity contribution in [3.05, 3.63) is 29.8 Å². The van der Waals surface area contributed by atoms with Gasteiger partial charge in [-0.2, -0.15) is 4.31 Å². The van der Waals surface area contributed by atoms with Crippen LogP contribution in [0.1, 0.15) is 0 Å². The van der Waals surface area contributed by atoms with E-state index < -0.39 is 39.0 Å². The summed E-state index contributed by atoms with van der Waals surface area (Å²) in [7, 11) is -2.90. The Morgan fingerprint density at radius 2 is 1.85 bits per heavy atom. The number of methoxy groups -OCH3 is 1. The average Bonchev–Trinajstić information content (AvgIpc) is 2.32. The van der Waals surface area contributed by atoms with Crippen molar-refractivity contribution in [1.82, 2.24) is 4.31 Å². The van der Waals surface area contributed by atoms with Crippen LogP contribution in [-0.4, -0.2) is 45.4 Å². The topological polar surface area (TPSA) is 89.7 Å². The Kier molecular flexibility index (Phi) is 5.54. The molecule has 0 aliphatic heterocycles. The Balaban J connectivity index is 3.17. The lowest BCUT2D eigenvalue weighted by Crippen LogP contribution is -2.40. The first-order valence-electron chi connectivity index (χ1n) is 5.51. The third-order valence-corrected chi connectivity index (χ3v) is 4.17. The van der Waals surface area contributed by atoms with E-state index in [1.165, 1.54) is 7.11 Å². The number of rotatable bonds is 7. The van der Waals surface area contributed by atoms with E-state index in [1.807, 2.05) is 0 Å². The van der Waals surface area contributed by atoms with Gasteiger partial charge < -0.3 is 10.5 Å². The van der Waals surface area contributed by atoms with E-state index in [0.29, 0.717) is 22.5 Å². The number of carbonyl (C=O) groups is 1. The number of benzene rings is 1. The molecule has 0 aromatic heterocycles. The van der Waals surface area contributed by atoms with Crippen LogP contribution in [0.5, 0.6) is 0 Å². The van der Waals surface area contributed by atoms with Crippen LogP contribution >= 0.6 is 0 Å². The number of halogens is 2. The van der Waals surface area contributed by atoms with E-state index in [-0.39, 0.29) is 13.2 Å². The van der Waals surface area contributed by atoms with Crippen molar-refractivity contribution in [3.8, 4) is 0 Å². The first-order valence-corrected chi connectivity index (χ1v) is 6.95. The summed E-state index contributed by atoms with van der Waals surface area (Å²) >= 11 is 0. The summed E-state index contributed by atoms with van der Waals surface area (Å²) < 4.78 is 56.0. The van der Waals surface area contributed by atoms with Gasteiger partial charge >= 0.3 is 0 Å². The van der Waals surface area contributed by atoms with Crippen molar-refractivity contribution in [3.63, 3.8) is 0 Å². The second kappa shape index (κ2) is 6.73. The van der Waals surface area contributed by atoms with Crippen LogP contribution in [0.15, 0.2) is 23.1 Å². The van der Waals surface area contributed by atoms with Gasteiger partial charge in [0.1, 0.15) is 11.6 Å². The van der Waals surface area contributed by atoms with Gasteiger partial charge in [-0.05, 0) is 12.1 Å². The molecule has 112 valence electrons. The van der Waals surface area contributed by atoms with E-state index in [1.54, 1.807) is 0 Å². The number of sulfonamides is 1. The molecule has 0 atom stereocenters. The number of nitrogens with two attached hydrogens (primary N) is 1. The standard InChI is InChI=1S/C11H14F2N2O4S/c1-19-3-2-15(7-11(14)16)20(17,18)10-5-8(12)4-9(13)6-10/h4-6H,2-3,7H2,1H3,(H2,14,16). The molecule has 9 heteroatoms. The molecule has 2 N–H and O–H groups in total. The van der Waals surface area contributed by atoms with E-state index in [0.717, 1.165) is 0 Å². The molecule has 1 aromatic rings. The molecule has 20 heavy (non-hydrogen) atoms. The fourth-order valence-corrected chi connectivity index (χ4v) is 2.91. The zero-order valence-corrected chi connectivity index (χ0v) is 11.5. The zero-order chi connectivity index (χ0) is 15.3. The minimum atomic E-state index is -4.24. The molecule has 1 aromatic carbocycles. The highest BCUT2D eigenvalue weighted by Gasteiger charge is 2.26. The van der Waals surface area contributed by atoms with Gasteiger partial charge in [0.05, 0.1) is 18.0 Å². The zero-order valence-electron chi connectivity index (χ0n) is 10.7. The van der Waals surface area contributed by atoms with E-state index in [9.17, 15) is 22.0 Å². The van der Waals surface area contributed by atoms with Crippen molar-refractivity contribution < 1.29 is 26.7 Å². The molecule has 1 amide bonds. The fraction of sp³-hybridized carbons (Fsp3) is 0.364. The Morgan fingerprint density at radius 3 is 2.30 bits per heavy atom. The molecule has 0 spiro atoms. The highest BCUT2D eigenvalue weighted by Crippen LogP contribution is 2.18. The Hall–Kier alpha value is -1.58. The first-order chi connectivity index (χ1) is 9.27. The average molecular weight is 308 g/mol. The molecule has 0 fully saturated rings. The van der Waals surface area contributed by atoms with Gasteiger partial charge in [-0.25, -0.2) is 17.2 Å². The quantitative estimate of drug-likeness (QED) is 0.773. The second-order valence-corrected chi connectivity index (χ2v) is 5.84. The number of carbonyl (C=O) groups excluding carboxylic acids is 1. The summed E-state index contributed by atoms with van der Waals surface area (Å²) in [6, 6.07) is 1.88. The lowest BCUT2D eigenvalue weighted by molar-refractivity contribution is -0.118. The molecular weight excluding hydrogens is 294 g/mol. The molecule has 0 aliphatic rings. The maximum atomic E-state index is 13.1. The van der Waals surface area contributed by atoms with Crippen LogP contribution in [0.4, 0.5) is 8.78 Å². The smallest absolute Gasteiger partial charge is 0.243 e. The van der Waals surface area contributed by atoms with Gasteiger partial charge in [0.15, 0.2) is 0 Å². The number of primary amides is 1. The van der Waals surface area contributed by atoms with Gasteiger partial charge in [0.25, 0.3) is 0 Å². The highest BCUT2D eigenvalue weighted by molar-refractivity contribution is 7.89. The predicted molar refractivity (Wildman–Crippen MR) is 66.2 cm³/mol. The first kappa shape index (κ1) is 16.5. The highest BCUT2D eigenvalue weighted by atomic mass is 32.2. The lowest BCUT2D eigenvalue weighted by Gasteiger charge is -2.20. The third-order valence-electron chi connectivity index (χ3n) is 2.35. The Morgan fingerprint density at radius 1 is 1.30 bits per heavy atom. The van der Waals surface area contributed by atoms with Gasteiger partial charge in [-0.15, -0.1) is 0 Å². The summed E-state index contributed by atoms with van der Waals surface area (Å²) in [6.07, 6.45) is 0. The fourth-order valence-electron chi connectivity index (χ4n) is 1.48. The largest absolute Gasteiger partial charge is 0.383 e. The van der Waals surface area contributed by atoms with Crippen molar-refractivity contribution in [2.24, 2.45) is 5.73 Å². The van der Waals surface area contributed by atoms with Crippen LogP contribution in [0.3, 0.4) is 0 Å². The molecule has 0 heterocycles. The van der Waals surface area contributed by atoms with Gasteiger partial charge in [-0.3, -0.25) is 4.79 Å². The SMILES string of the molecule is COCCN(CC(N)=O)S(=O)(=O)c1cc(F)cc(F)c1. The van der Waals surface area contributed by atoms with Crippen molar-refractivity contribution in [1.29, 1.82) is 0 Å². The van der Waals surface area contributed by atoms with Gasteiger partial charge in [0.2, 0.25) is 15.9 Å². The monoisotopic (exact) mass is 308 g/mol. The molecule has 0 radical (unpaired) electrons. The number of ether oxygens (including phenoxy) is 1. The minimum Gasteiger partial charge on any atom is -0.383 e. The summed E-state index contributed by atoms with van der Waals surface area (Å²) in [5.41, 5.74) is 4.97. The minimum absolute atomic E-state index is 0.00427. The van der Waals surface area contributed by atoms with Gasteiger partial charge in [0, 0.05) is 19.7 Å². The lowest BCUT2D eigenvalue weighted by atomic mass is 10.3. The molecule has 0 unspecified atom stereocenters. The van der Waals surface area contributed by atoms with Crippen molar-refractivity contribution >= 4 is 15.9 Å². The van der Waals surface area contributed by atoms with Crippen molar-refractivity contribution in [2.45, 2.75) is 4.90 Å². The van der Waals surface area contributed by atoms with E-state index >= 15 is 0 Å². The van der Waals surface area contributed by atoms with E-state index in [4.69, 9.17) is 10.5 Å². The molecule has 6 nitrogen and oxygen atoms in total. The molecule has 0 saturated carbocycles. The number of nitrogens with zero attached hydrogens (tertiary/aromatic N) is 1. The molecule has 0 aliphatic carbocycles. The maximum Gasteiger partial charge on any atom is 0.243 e. The summed E-state index contributed by atoms with van der Waals surface area (Å²) in [5, 5.41) is 0. The van der Waals surface area contributed by atoms with Crippen molar-refractivity contribution in [2.75, 3.05) is 26.8 Å². The molecule has 1 rings (SSSR count). The molecular formula is C11H14F2N2O4S. The number of hydrogen-bond donors (Lipinski definition) is 1. The van der Waals surface area contributed by atoms with Crippen LogP contribution < -0.4 is 5.73 Å². The second-order valence-electron chi connectivity index (χ2n) is 3.90.